The van der Waals surface area contributed by atoms with Crippen molar-refractivity contribution in [3.8, 4) is 33.4 Å². The van der Waals surface area contributed by atoms with Crippen LogP contribution < -0.4 is 5.32 Å². The maximum Gasteiger partial charge on any atom is 0.138 e. The molecule has 0 amide bonds. The number of hydrogen-bond donors (Lipinski definition) is 1. The molecule has 0 bridgehead atoms. The number of hydrogen-bond acceptors (Lipinski definition) is 3. The third-order valence-electron chi connectivity index (χ3n) is 12.2. The maximum atomic E-state index is 6.58. The van der Waals surface area contributed by atoms with Crippen molar-refractivity contribution in [1.82, 2.24) is 5.32 Å². The highest BCUT2D eigenvalue weighted by molar-refractivity contribution is 6.14. The van der Waals surface area contributed by atoms with Gasteiger partial charge < -0.3 is 9.73 Å². The Hall–Kier alpha value is -7.49. The molecule has 2 heterocycles. The molecule has 1 N–H and O–H groups in total. The minimum atomic E-state index is 0.338. The van der Waals surface area contributed by atoms with Crippen LogP contribution in [0.15, 0.2) is 216 Å². The van der Waals surface area contributed by atoms with Crippen molar-refractivity contribution in [2.45, 2.75) is 25.2 Å². The first kappa shape index (κ1) is 35.7. The summed E-state index contributed by atoms with van der Waals surface area (Å²) >= 11 is 0. The third-order valence-corrected chi connectivity index (χ3v) is 12.2. The molecular formula is C57H42N2O. The Morgan fingerprint density at radius 1 is 0.483 bits per heavy atom. The monoisotopic (exact) mass is 770 g/mol. The van der Waals surface area contributed by atoms with Gasteiger partial charge in [-0.3, -0.25) is 0 Å². The molecule has 60 heavy (non-hydrogen) atoms. The van der Waals surface area contributed by atoms with Gasteiger partial charge in [0.1, 0.15) is 17.0 Å². The molecule has 9 aromatic rings. The lowest BCUT2D eigenvalue weighted by Crippen LogP contribution is -2.24. The Labute approximate surface area is 350 Å². The Kier molecular flexibility index (Phi) is 9.13. The van der Waals surface area contributed by atoms with Gasteiger partial charge in [0.25, 0.3) is 0 Å². The predicted octanol–water partition coefficient (Wildman–Crippen LogP) is 14.5. The summed E-state index contributed by atoms with van der Waals surface area (Å²) in [7, 11) is 0. The van der Waals surface area contributed by atoms with Crippen LogP contribution in [0.3, 0.4) is 0 Å². The highest BCUT2D eigenvalue weighted by atomic mass is 16.3. The van der Waals surface area contributed by atoms with E-state index in [1.807, 2.05) is 6.07 Å². The van der Waals surface area contributed by atoms with Crippen molar-refractivity contribution < 1.29 is 4.42 Å². The van der Waals surface area contributed by atoms with Gasteiger partial charge in [0.2, 0.25) is 0 Å². The molecule has 11 rings (SSSR count). The third kappa shape index (κ3) is 6.64. The fraction of sp³-hybridized carbons (Fsp3) is 0.0702. The SMILES string of the molecule is C1=C(c2cccc3oc4ccc(-c5ccc6c(c5)-c5ccccc5CCC6c5ccccc5)cc4c23)NC(c2ccccc2)=N/C(c2ccc(-c3ccccc3)cc2)=C\C1. The molecule has 2 aliphatic rings. The van der Waals surface area contributed by atoms with Crippen molar-refractivity contribution in [3.63, 3.8) is 0 Å². The van der Waals surface area contributed by atoms with Gasteiger partial charge >= 0.3 is 0 Å². The van der Waals surface area contributed by atoms with Gasteiger partial charge in [-0.25, -0.2) is 4.99 Å². The van der Waals surface area contributed by atoms with E-state index < -0.39 is 0 Å². The average molecular weight is 771 g/mol. The molecule has 3 heteroatoms. The summed E-state index contributed by atoms with van der Waals surface area (Å²) in [5.74, 6) is 1.13. The summed E-state index contributed by atoms with van der Waals surface area (Å²) in [6.07, 6.45) is 7.35. The van der Waals surface area contributed by atoms with Gasteiger partial charge in [-0.1, -0.05) is 182 Å². The average Bonchev–Trinajstić information content (AvgIpc) is 3.60. The number of allylic oxidation sites excluding steroid dienone is 2. The van der Waals surface area contributed by atoms with Crippen LogP contribution in [-0.4, -0.2) is 5.84 Å². The molecule has 0 saturated carbocycles. The number of nitrogens with one attached hydrogen (secondary N) is 1. The summed E-state index contributed by atoms with van der Waals surface area (Å²) < 4.78 is 6.58. The molecule has 0 radical (unpaired) electrons. The number of aliphatic imine (C=N–C) groups is 1. The van der Waals surface area contributed by atoms with Gasteiger partial charge in [0.05, 0.1) is 5.70 Å². The number of furan rings is 1. The van der Waals surface area contributed by atoms with Gasteiger partial charge in [-0.15, -0.1) is 0 Å². The van der Waals surface area contributed by atoms with E-state index in [2.05, 4.69) is 206 Å². The van der Waals surface area contributed by atoms with Crippen molar-refractivity contribution in [3.05, 3.63) is 240 Å². The molecule has 8 aromatic carbocycles. The smallest absolute Gasteiger partial charge is 0.138 e. The molecule has 0 saturated heterocycles. The molecule has 1 aliphatic heterocycles. The van der Waals surface area contributed by atoms with E-state index in [1.165, 1.54) is 44.5 Å². The van der Waals surface area contributed by atoms with Crippen LogP contribution in [0.1, 0.15) is 52.1 Å². The minimum absolute atomic E-state index is 0.338. The number of amidine groups is 1. The van der Waals surface area contributed by atoms with E-state index in [4.69, 9.17) is 9.41 Å². The largest absolute Gasteiger partial charge is 0.456 e. The quantitative estimate of drug-likeness (QED) is 0.183. The number of rotatable bonds is 6. The lowest BCUT2D eigenvalue weighted by molar-refractivity contribution is 0.669. The Morgan fingerprint density at radius 3 is 1.95 bits per heavy atom. The van der Waals surface area contributed by atoms with Crippen LogP contribution >= 0.6 is 0 Å². The lowest BCUT2D eigenvalue weighted by atomic mass is 9.84. The highest BCUT2D eigenvalue weighted by Gasteiger charge is 2.25. The van der Waals surface area contributed by atoms with E-state index in [0.29, 0.717) is 12.3 Å². The van der Waals surface area contributed by atoms with E-state index >= 15 is 0 Å². The minimum Gasteiger partial charge on any atom is -0.456 e. The van der Waals surface area contributed by atoms with Crippen LogP contribution in [0.4, 0.5) is 0 Å². The zero-order chi connectivity index (χ0) is 39.8. The second-order valence-corrected chi connectivity index (χ2v) is 15.8. The first-order valence-corrected chi connectivity index (χ1v) is 20.9. The molecule has 286 valence electrons. The fourth-order valence-corrected chi connectivity index (χ4v) is 9.21. The molecule has 3 nitrogen and oxygen atoms in total. The normalized spacial score (nSPS) is 15.9. The standard InChI is InChI=1S/C57H42N2O/c1-4-14-38(15-5-1)39-26-28-42(29-27-39)52-23-13-24-53(59-57(58-52)43-19-8-3-9-20-43)49-22-12-25-55-56(49)51-37-45(32-35-54(51)60-55)44-31-34-48-47(40-16-6-2-7-17-40)33-30-41-18-10-11-21-46(41)50(48)36-44/h1-12,14-29,31-32,34-37,47H,13,30,33H2,(H,58,59)/b52-23-,53-24?. The predicted molar refractivity (Wildman–Crippen MR) is 250 cm³/mol. The van der Waals surface area contributed by atoms with Crippen molar-refractivity contribution in [2.75, 3.05) is 0 Å². The van der Waals surface area contributed by atoms with Gasteiger partial charge in [-0.2, -0.15) is 0 Å². The van der Waals surface area contributed by atoms with Gasteiger partial charge in [-0.05, 0) is 99.2 Å². The fourth-order valence-electron chi connectivity index (χ4n) is 9.21. The Morgan fingerprint density at radius 2 is 1.13 bits per heavy atom. The molecular weight excluding hydrogens is 729 g/mol. The topological polar surface area (TPSA) is 37.5 Å². The maximum absolute atomic E-state index is 6.58. The summed E-state index contributed by atoms with van der Waals surface area (Å²) in [6, 6.07) is 69.7. The highest BCUT2D eigenvalue weighted by Crippen LogP contribution is 2.44. The first-order valence-electron chi connectivity index (χ1n) is 20.9. The van der Waals surface area contributed by atoms with Gasteiger partial charge in [0, 0.05) is 33.5 Å². The first-order chi connectivity index (χ1) is 29.7. The number of aryl methyl sites for hydroxylation is 1. The molecule has 1 unspecified atom stereocenters. The summed E-state index contributed by atoms with van der Waals surface area (Å²) in [5.41, 5.74) is 18.4. The number of benzene rings is 8. The van der Waals surface area contributed by atoms with Crippen LogP contribution in [-0.2, 0) is 6.42 Å². The second-order valence-electron chi connectivity index (χ2n) is 15.8. The van der Waals surface area contributed by atoms with Crippen LogP contribution in [0.25, 0.3) is 66.7 Å². The summed E-state index contributed by atoms with van der Waals surface area (Å²) in [4.78, 5) is 5.32. The lowest BCUT2D eigenvalue weighted by Gasteiger charge is -2.19. The molecule has 1 aromatic heterocycles. The molecule has 1 aliphatic carbocycles. The Bertz CT molecular complexity index is 3120. The van der Waals surface area contributed by atoms with E-state index in [0.717, 1.165) is 74.3 Å². The summed E-state index contributed by atoms with van der Waals surface area (Å²) in [5, 5.41) is 5.99. The summed E-state index contributed by atoms with van der Waals surface area (Å²) in [6.45, 7) is 0. The van der Waals surface area contributed by atoms with E-state index in [-0.39, 0.29) is 0 Å². The van der Waals surface area contributed by atoms with Crippen LogP contribution in [0.5, 0.6) is 0 Å². The number of fused-ring (bicyclic) bond motifs is 6. The number of nitrogens with zero attached hydrogens (tertiary/aromatic N) is 1. The second kappa shape index (κ2) is 15.4. The Balaban J connectivity index is 0.997. The zero-order valence-electron chi connectivity index (χ0n) is 33.2. The van der Waals surface area contributed by atoms with Crippen LogP contribution in [0, 0.1) is 0 Å². The zero-order valence-corrected chi connectivity index (χ0v) is 33.2. The van der Waals surface area contributed by atoms with Gasteiger partial charge in [0.15, 0.2) is 0 Å². The van der Waals surface area contributed by atoms with Crippen LogP contribution in [0.2, 0.25) is 0 Å². The molecule has 1 atom stereocenters. The van der Waals surface area contributed by atoms with Crippen molar-refractivity contribution in [2.24, 2.45) is 4.99 Å². The van der Waals surface area contributed by atoms with Crippen molar-refractivity contribution in [1.29, 1.82) is 0 Å². The van der Waals surface area contributed by atoms with E-state index in [9.17, 15) is 0 Å². The van der Waals surface area contributed by atoms with E-state index in [1.54, 1.807) is 0 Å². The molecule has 0 spiro atoms. The molecule has 0 fully saturated rings. The van der Waals surface area contributed by atoms with Crippen molar-refractivity contribution >= 4 is 39.2 Å².